The second kappa shape index (κ2) is 9.79. The van der Waals surface area contributed by atoms with Gasteiger partial charge >= 0.3 is 0 Å². The Hall–Kier alpha value is -3.78. The third-order valence-electron chi connectivity index (χ3n) is 5.21. The summed E-state index contributed by atoms with van der Waals surface area (Å²) >= 11 is 5.64. The Bertz CT molecular complexity index is 1130. The number of methoxy groups -OCH3 is 3. The van der Waals surface area contributed by atoms with Gasteiger partial charge in [0, 0.05) is 6.54 Å². The van der Waals surface area contributed by atoms with Crippen molar-refractivity contribution in [1.82, 2.24) is 4.90 Å². The molecule has 0 bridgehead atoms. The van der Waals surface area contributed by atoms with Crippen LogP contribution in [0.3, 0.4) is 0 Å². The van der Waals surface area contributed by atoms with E-state index in [1.165, 1.54) is 0 Å². The molecule has 7 nitrogen and oxygen atoms in total. The number of rotatable bonds is 8. The monoisotopic (exact) mass is 464 g/mol. The van der Waals surface area contributed by atoms with E-state index in [-0.39, 0.29) is 12.5 Å². The SMILES string of the molecule is COc1cc(CN2CC(=O)N(c3ccc(Oc4ccccc4)cc3)C2=S)cc(OC)c1OC. The number of para-hydroxylation sites is 1. The highest BCUT2D eigenvalue weighted by molar-refractivity contribution is 7.80. The van der Waals surface area contributed by atoms with E-state index in [2.05, 4.69) is 0 Å². The largest absolute Gasteiger partial charge is 0.493 e. The maximum absolute atomic E-state index is 12.8. The Morgan fingerprint density at radius 1 is 0.848 bits per heavy atom. The number of benzene rings is 3. The second-order valence-corrected chi connectivity index (χ2v) is 7.68. The van der Waals surface area contributed by atoms with Gasteiger partial charge in [0.05, 0.1) is 27.0 Å². The van der Waals surface area contributed by atoms with Crippen molar-refractivity contribution in [3.8, 4) is 28.7 Å². The van der Waals surface area contributed by atoms with Crippen molar-refractivity contribution in [3.05, 3.63) is 72.3 Å². The summed E-state index contributed by atoms with van der Waals surface area (Å²) in [6, 6.07) is 20.5. The number of hydrogen-bond donors (Lipinski definition) is 0. The average molecular weight is 465 g/mol. The van der Waals surface area contributed by atoms with Crippen molar-refractivity contribution in [2.75, 3.05) is 32.8 Å². The molecule has 170 valence electrons. The third kappa shape index (κ3) is 4.70. The van der Waals surface area contributed by atoms with Gasteiger partial charge in [-0.2, -0.15) is 0 Å². The summed E-state index contributed by atoms with van der Waals surface area (Å²) in [5, 5.41) is 0.436. The molecule has 1 aliphatic rings. The number of anilines is 1. The topological polar surface area (TPSA) is 60.5 Å². The molecule has 3 aromatic carbocycles. The van der Waals surface area contributed by atoms with E-state index in [4.69, 9.17) is 31.2 Å². The molecule has 1 amide bonds. The highest BCUT2D eigenvalue weighted by Gasteiger charge is 2.34. The number of carbonyl (C=O) groups is 1. The quantitative estimate of drug-likeness (QED) is 0.450. The maximum atomic E-state index is 12.8. The standard InChI is InChI=1S/C25H24N2O5S/c1-29-21-13-17(14-22(30-2)24(21)31-3)15-26-16-23(28)27(25(26)33)18-9-11-20(12-10-18)32-19-7-5-4-6-8-19/h4-14H,15-16H2,1-3H3. The zero-order valence-corrected chi connectivity index (χ0v) is 19.4. The van der Waals surface area contributed by atoms with E-state index >= 15 is 0 Å². The smallest absolute Gasteiger partial charge is 0.252 e. The van der Waals surface area contributed by atoms with Crippen molar-refractivity contribution < 1.29 is 23.7 Å². The molecule has 0 saturated carbocycles. The van der Waals surface area contributed by atoms with Crippen LogP contribution in [0.25, 0.3) is 0 Å². The molecule has 1 saturated heterocycles. The average Bonchev–Trinajstić information content (AvgIpc) is 3.12. The van der Waals surface area contributed by atoms with E-state index in [0.29, 0.717) is 40.3 Å². The van der Waals surface area contributed by atoms with E-state index < -0.39 is 0 Å². The fourth-order valence-electron chi connectivity index (χ4n) is 3.66. The summed E-state index contributed by atoms with van der Waals surface area (Å²) in [4.78, 5) is 16.2. The van der Waals surface area contributed by atoms with Crippen LogP contribution < -0.4 is 23.8 Å². The summed E-state index contributed by atoms with van der Waals surface area (Å²) in [6.07, 6.45) is 0. The normalized spacial score (nSPS) is 13.3. The first-order valence-corrected chi connectivity index (χ1v) is 10.7. The van der Waals surface area contributed by atoms with Crippen LogP contribution in [0, 0.1) is 0 Å². The summed E-state index contributed by atoms with van der Waals surface area (Å²) < 4.78 is 22.1. The lowest BCUT2D eigenvalue weighted by molar-refractivity contribution is -0.116. The van der Waals surface area contributed by atoms with Crippen LogP contribution in [0.1, 0.15) is 5.56 Å². The number of nitrogens with zero attached hydrogens (tertiary/aromatic N) is 2. The van der Waals surface area contributed by atoms with Crippen molar-refractivity contribution in [3.63, 3.8) is 0 Å². The van der Waals surface area contributed by atoms with Crippen LogP contribution in [0.2, 0.25) is 0 Å². The number of ether oxygens (including phenoxy) is 4. The van der Waals surface area contributed by atoms with Gasteiger partial charge in [-0.3, -0.25) is 9.69 Å². The Balaban J connectivity index is 1.50. The predicted octanol–water partition coefficient (Wildman–Crippen LogP) is 4.64. The van der Waals surface area contributed by atoms with Crippen LogP contribution >= 0.6 is 12.2 Å². The lowest BCUT2D eigenvalue weighted by Gasteiger charge is -2.21. The Labute approximate surface area is 198 Å². The van der Waals surface area contributed by atoms with E-state index in [1.54, 1.807) is 26.2 Å². The van der Waals surface area contributed by atoms with Gasteiger partial charge in [0.25, 0.3) is 5.91 Å². The van der Waals surface area contributed by atoms with Gasteiger partial charge < -0.3 is 23.8 Å². The Morgan fingerprint density at radius 2 is 1.45 bits per heavy atom. The van der Waals surface area contributed by atoms with Gasteiger partial charge in [0.1, 0.15) is 18.0 Å². The van der Waals surface area contributed by atoms with Crippen molar-refractivity contribution in [1.29, 1.82) is 0 Å². The van der Waals surface area contributed by atoms with Crippen LogP contribution in [0.4, 0.5) is 5.69 Å². The highest BCUT2D eigenvalue weighted by atomic mass is 32.1. The van der Waals surface area contributed by atoms with Gasteiger partial charge in [0.15, 0.2) is 16.6 Å². The maximum Gasteiger partial charge on any atom is 0.252 e. The molecule has 1 heterocycles. The minimum absolute atomic E-state index is 0.0934. The molecule has 0 atom stereocenters. The number of hydrogen-bond acceptors (Lipinski definition) is 6. The molecule has 33 heavy (non-hydrogen) atoms. The Morgan fingerprint density at radius 3 is 2.03 bits per heavy atom. The second-order valence-electron chi connectivity index (χ2n) is 7.31. The summed E-state index contributed by atoms with van der Waals surface area (Å²) in [7, 11) is 4.69. The van der Waals surface area contributed by atoms with Gasteiger partial charge in [-0.1, -0.05) is 18.2 Å². The first-order chi connectivity index (χ1) is 16.0. The van der Waals surface area contributed by atoms with Crippen molar-refractivity contribution >= 4 is 28.9 Å². The Kier molecular flexibility index (Phi) is 6.65. The molecule has 0 unspecified atom stereocenters. The van der Waals surface area contributed by atoms with Gasteiger partial charge in [-0.15, -0.1) is 0 Å². The summed E-state index contributed by atoms with van der Waals surface area (Å²) in [6.45, 7) is 0.602. The van der Waals surface area contributed by atoms with E-state index in [1.807, 2.05) is 71.6 Å². The zero-order chi connectivity index (χ0) is 23.4. The van der Waals surface area contributed by atoms with E-state index in [9.17, 15) is 4.79 Å². The van der Waals surface area contributed by atoms with Crippen LogP contribution in [-0.2, 0) is 11.3 Å². The highest BCUT2D eigenvalue weighted by Crippen LogP contribution is 2.39. The minimum atomic E-state index is -0.0934. The van der Waals surface area contributed by atoms with Crippen LogP contribution in [-0.4, -0.2) is 43.8 Å². The molecular weight excluding hydrogens is 440 g/mol. The molecule has 4 rings (SSSR count). The molecule has 0 aromatic heterocycles. The molecule has 1 aliphatic heterocycles. The van der Waals surface area contributed by atoms with Crippen molar-refractivity contribution in [2.24, 2.45) is 0 Å². The molecule has 0 N–H and O–H groups in total. The lowest BCUT2D eigenvalue weighted by Crippen LogP contribution is -2.32. The summed E-state index contributed by atoms with van der Waals surface area (Å²) in [5.74, 6) is 2.95. The molecule has 0 aliphatic carbocycles. The van der Waals surface area contributed by atoms with Gasteiger partial charge in [-0.25, -0.2) is 0 Å². The fourth-order valence-corrected chi connectivity index (χ4v) is 4.00. The van der Waals surface area contributed by atoms with Gasteiger partial charge in [-0.05, 0) is 66.3 Å². The molecule has 8 heteroatoms. The molecular formula is C25H24N2O5S. The van der Waals surface area contributed by atoms with Crippen LogP contribution in [0.5, 0.6) is 28.7 Å². The van der Waals surface area contributed by atoms with Gasteiger partial charge in [0.2, 0.25) is 5.75 Å². The van der Waals surface area contributed by atoms with Crippen LogP contribution in [0.15, 0.2) is 66.7 Å². The first kappa shape index (κ1) is 22.4. The molecule has 0 radical (unpaired) electrons. The number of thiocarbonyl (C=S) groups is 1. The fraction of sp³-hybridized carbons (Fsp3) is 0.200. The first-order valence-electron chi connectivity index (χ1n) is 10.3. The number of carbonyl (C=O) groups excluding carboxylic acids is 1. The third-order valence-corrected chi connectivity index (χ3v) is 5.65. The van der Waals surface area contributed by atoms with Crippen molar-refractivity contribution in [2.45, 2.75) is 6.54 Å². The summed E-state index contributed by atoms with van der Waals surface area (Å²) in [5.41, 5.74) is 1.57. The molecule has 1 fully saturated rings. The molecule has 0 spiro atoms. The minimum Gasteiger partial charge on any atom is -0.493 e. The van der Waals surface area contributed by atoms with E-state index in [0.717, 1.165) is 11.3 Å². The lowest BCUT2D eigenvalue weighted by atomic mass is 10.1. The molecule has 3 aromatic rings. The number of amides is 1. The predicted molar refractivity (Wildman–Crippen MR) is 130 cm³/mol. The zero-order valence-electron chi connectivity index (χ0n) is 18.6.